The van der Waals surface area contributed by atoms with Crippen LogP contribution in [0.25, 0.3) is 0 Å². The first-order valence-corrected chi connectivity index (χ1v) is 5.93. The lowest BCUT2D eigenvalue weighted by Gasteiger charge is -2.15. The predicted octanol–water partition coefficient (Wildman–Crippen LogP) is 4.05. The van der Waals surface area contributed by atoms with Crippen molar-refractivity contribution in [2.24, 2.45) is 5.73 Å². The van der Waals surface area contributed by atoms with Crippen LogP contribution >= 0.6 is 0 Å². The summed E-state index contributed by atoms with van der Waals surface area (Å²) in [7, 11) is 0. The van der Waals surface area contributed by atoms with Crippen LogP contribution in [0.1, 0.15) is 17.2 Å². The van der Waals surface area contributed by atoms with Crippen molar-refractivity contribution >= 4 is 0 Å². The lowest BCUT2D eigenvalue weighted by atomic mass is 9.98. The van der Waals surface area contributed by atoms with E-state index >= 15 is 0 Å². The number of rotatable bonds is 3. The predicted molar refractivity (Wildman–Crippen MR) is 65.5 cm³/mol. The molecule has 0 amide bonds. The van der Waals surface area contributed by atoms with Gasteiger partial charge in [0.25, 0.3) is 0 Å². The van der Waals surface area contributed by atoms with Crippen LogP contribution in [0.5, 0.6) is 5.75 Å². The van der Waals surface area contributed by atoms with Crippen LogP contribution in [-0.4, -0.2) is 6.36 Å². The molecular formula is C14H9F6NO. The summed E-state index contributed by atoms with van der Waals surface area (Å²) in [5, 5.41) is 0. The normalized spacial score (nSPS) is 13.0. The summed E-state index contributed by atoms with van der Waals surface area (Å²) >= 11 is 0. The van der Waals surface area contributed by atoms with Crippen molar-refractivity contribution < 1.29 is 31.1 Å². The summed E-state index contributed by atoms with van der Waals surface area (Å²) in [5.74, 6) is -4.69. The number of benzene rings is 2. The third-order valence-corrected chi connectivity index (χ3v) is 2.86. The number of ether oxygens (including phenoxy) is 1. The molecule has 2 rings (SSSR count). The first-order valence-electron chi connectivity index (χ1n) is 5.93. The van der Waals surface area contributed by atoms with E-state index in [9.17, 15) is 26.3 Å². The van der Waals surface area contributed by atoms with E-state index < -0.39 is 35.6 Å². The maximum atomic E-state index is 13.6. The van der Waals surface area contributed by atoms with Gasteiger partial charge in [-0.25, -0.2) is 13.2 Å². The molecular weight excluding hydrogens is 312 g/mol. The average molecular weight is 321 g/mol. The van der Waals surface area contributed by atoms with Crippen molar-refractivity contribution in [3.8, 4) is 5.75 Å². The van der Waals surface area contributed by atoms with Gasteiger partial charge >= 0.3 is 6.36 Å². The van der Waals surface area contributed by atoms with E-state index in [0.717, 1.165) is 18.2 Å². The Kier molecular flexibility index (Phi) is 4.32. The van der Waals surface area contributed by atoms with Gasteiger partial charge in [-0.3, -0.25) is 0 Å². The minimum absolute atomic E-state index is 0.0310. The topological polar surface area (TPSA) is 35.2 Å². The highest BCUT2D eigenvalue weighted by Crippen LogP contribution is 2.30. The van der Waals surface area contributed by atoms with Crippen molar-refractivity contribution in [3.63, 3.8) is 0 Å². The van der Waals surface area contributed by atoms with Gasteiger partial charge in [0.05, 0.1) is 6.04 Å². The van der Waals surface area contributed by atoms with Crippen molar-refractivity contribution in [2.75, 3.05) is 0 Å². The van der Waals surface area contributed by atoms with Gasteiger partial charge in [0.2, 0.25) is 0 Å². The number of hydrogen-bond acceptors (Lipinski definition) is 2. The summed E-state index contributed by atoms with van der Waals surface area (Å²) in [6, 6.07) is 4.48. The largest absolute Gasteiger partial charge is 0.573 e. The van der Waals surface area contributed by atoms with E-state index in [-0.39, 0.29) is 11.1 Å². The van der Waals surface area contributed by atoms with E-state index in [1.807, 2.05) is 0 Å². The van der Waals surface area contributed by atoms with E-state index in [1.54, 1.807) is 0 Å². The molecule has 22 heavy (non-hydrogen) atoms. The Bertz CT molecular complexity index is 686. The molecule has 0 radical (unpaired) electrons. The van der Waals surface area contributed by atoms with Crippen molar-refractivity contribution in [2.45, 2.75) is 12.4 Å². The zero-order chi connectivity index (χ0) is 16.5. The fourth-order valence-corrected chi connectivity index (χ4v) is 1.86. The molecule has 118 valence electrons. The minimum Gasteiger partial charge on any atom is -0.403 e. The van der Waals surface area contributed by atoms with Crippen molar-refractivity contribution in [1.29, 1.82) is 0 Å². The van der Waals surface area contributed by atoms with Gasteiger partial charge in [0, 0.05) is 5.56 Å². The van der Waals surface area contributed by atoms with Gasteiger partial charge in [-0.15, -0.1) is 13.2 Å². The van der Waals surface area contributed by atoms with Crippen LogP contribution in [-0.2, 0) is 0 Å². The number of halogens is 6. The van der Waals surface area contributed by atoms with Gasteiger partial charge in [-0.1, -0.05) is 18.2 Å². The second kappa shape index (κ2) is 5.88. The third kappa shape index (κ3) is 3.51. The molecule has 0 bridgehead atoms. The van der Waals surface area contributed by atoms with Crippen LogP contribution in [0.15, 0.2) is 36.4 Å². The van der Waals surface area contributed by atoms with Crippen molar-refractivity contribution in [3.05, 3.63) is 65.0 Å². The molecule has 2 aromatic rings. The summed E-state index contributed by atoms with van der Waals surface area (Å²) in [5.41, 5.74) is 5.42. The zero-order valence-electron chi connectivity index (χ0n) is 10.8. The SMILES string of the molecule is NC(c1ccc(OC(F)(F)F)c(F)c1)c1cccc(F)c1F. The second-order valence-electron chi connectivity index (χ2n) is 4.36. The highest BCUT2D eigenvalue weighted by molar-refractivity contribution is 5.37. The van der Waals surface area contributed by atoms with E-state index in [1.165, 1.54) is 12.1 Å². The molecule has 1 unspecified atom stereocenters. The number of hydrogen-bond donors (Lipinski definition) is 1. The first kappa shape index (κ1) is 16.2. The minimum atomic E-state index is -5.04. The molecule has 0 aromatic heterocycles. The Morgan fingerprint density at radius 1 is 0.955 bits per heavy atom. The molecule has 0 aliphatic heterocycles. The Morgan fingerprint density at radius 3 is 2.23 bits per heavy atom. The first-order chi connectivity index (χ1) is 10.2. The Balaban J connectivity index is 2.33. The van der Waals surface area contributed by atoms with E-state index in [4.69, 9.17) is 5.73 Å². The molecule has 0 heterocycles. The zero-order valence-corrected chi connectivity index (χ0v) is 10.8. The van der Waals surface area contributed by atoms with E-state index in [2.05, 4.69) is 4.74 Å². The maximum absolute atomic E-state index is 13.6. The fourth-order valence-electron chi connectivity index (χ4n) is 1.86. The molecule has 2 aromatic carbocycles. The highest BCUT2D eigenvalue weighted by Gasteiger charge is 2.32. The molecule has 2 N–H and O–H groups in total. The van der Waals surface area contributed by atoms with Gasteiger partial charge < -0.3 is 10.5 Å². The molecule has 0 aliphatic rings. The van der Waals surface area contributed by atoms with Gasteiger partial charge in [-0.05, 0) is 23.8 Å². The Labute approximate surface area is 121 Å². The van der Waals surface area contributed by atoms with Crippen LogP contribution in [0.3, 0.4) is 0 Å². The monoisotopic (exact) mass is 321 g/mol. The smallest absolute Gasteiger partial charge is 0.403 e. The fraction of sp³-hybridized carbons (Fsp3) is 0.143. The van der Waals surface area contributed by atoms with Gasteiger partial charge in [0.1, 0.15) is 0 Å². The Morgan fingerprint density at radius 2 is 1.64 bits per heavy atom. The van der Waals surface area contributed by atoms with Crippen LogP contribution < -0.4 is 10.5 Å². The standard InChI is InChI=1S/C14H9F6NO/c15-9-3-1-2-8(12(9)17)13(21)7-4-5-11(10(16)6-7)22-14(18,19)20/h1-6,13H,21H2. The summed E-state index contributed by atoms with van der Waals surface area (Å²) < 4.78 is 79.9. The molecule has 2 nitrogen and oxygen atoms in total. The van der Waals surface area contributed by atoms with Crippen molar-refractivity contribution in [1.82, 2.24) is 0 Å². The lowest BCUT2D eigenvalue weighted by molar-refractivity contribution is -0.275. The summed E-state index contributed by atoms with van der Waals surface area (Å²) in [6.07, 6.45) is -5.04. The number of nitrogens with two attached hydrogens (primary N) is 1. The summed E-state index contributed by atoms with van der Waals surface area (Å²) in [6.45, 7) is 0. The van der Waals surface area contributed by atoms with E-state index in [0.29, 0.717) is 6.07 Å². The quantitative estimate of drug-likeness (QED) is 0.866. The van der Waals surface area contributed by atoms with Crippen LogP contribution in [0.2, 0.25) is 0 Å². The molecule has 0 saturated heterocycles. The summed E-state index contributed by atoms with van der Waals surface area (Å²) in [4.78, 5) is 0. The molecule has 0 saturated carbocycles. The number of alkyl halides is 3. The van der Waals surface area contributed by atoms with Crippen LogP contribution in [0.4, 0.5) is 26.3 Å². The Hall–Kier alpha value is -2.22. The molecule has 0 spiro atoms. The van der Waals surface area contributed by atoms with Gasteiger partial charge in [-0.2, -0.15) is 0 Å². The van der Waals surface area contributed by atoms with Crippen LogP contribution in [0, 0.1) is 17.5 Å². The highest BCUT2D eigenvalue weighted by atomic mass is 19.4. The maximum Gasteiger partial charge on any atom is 0.573 e. The average Bonchev–Trinajstić information content (AvgIpc) is 2.42. The van der Waals surface area contributed by atoms with Gasteiger partial charge in [0.15, 0.2) is 23.2 Å². The lowest BCUT2D eigenvalue weighted by Crippen LogP contribution is -2.19. The molecule has 8 heteroatoms. The molecule has 0 aliphatic carbocycles. The third-order valence-electron chi connectivity index (χ3n) is 2.86. The molecule has 0 fully saturated rings. The second-order valence-corrected chi connectivity index (χ2v) is 4.36. The molecule has 1 atom stereocenters.